The van der Waals surface area contributed by atoms with Gasteiger partial charge in [-0.15, -0.1) is 11.3 Å². The van der Waals surface area contributed by atoms with E-state index >= 15 is 0 Å². The lowest BCUT2D eigenvalue weighted by molar-refractivity contribution is -0.144. The van der Waals surface area contributed by atoms with Crippen LogP contribution < -0.4 is 9.64 Å². The molecule has 2 bridgehead atoms. The van der Waals surface area contributed by atoms with Gasteiger partial charge in [0.2, 0.25) is 0 Å². The zero-order valence-electron chi connectivity index (χ0n) is 22.3. The van der Waals surface area contributed by atoms with Crippen LogP contribution in [0, 0.1) is 24.7 Å². The number of para-hydroxylation sites is 1. The standard InChI is InChI=1S/C31H35N3O4S/c1-20-15-21(29(35)33-13-5-2-6-14-33)9-12-24(20)18-38-27-8-4-3-7-25(27)26-19-39-31(32-26)34-16-22-10-11-23(17-34)28(22)30(36)37/h3-4,7-9,12,15,19,22-23,28H,2,5-6,10-11,13-14,16-18H2,1H3,(H,36,37). The van der Waals surface area contributed by atoms with Gasteiger partial charge in [0.1, 0.15) is 12.4 Å². The summed E-state index contributed by atoms with van der Waals surface area (Å²) in [6.07, 6.45) is 5.34. The molecule has 0 spiro atoms. The third kappa shape index (κ3) is 5.26. The van der Waals surface area contributed by atoms with Crippen molar-refractivity contribution in [1.29, 1.82) is 0 Å². The third-order valence-corrected chi connectivity index (χ3v) is 9.56. The Morgan fingerprint density at radius 1 is 1.05 bits per heavy atom. The van der Waals surface area contributed by atoms with E-state index in [1.807, 2.05) is 54.3 Å². The first kappa shape index (κ1) is 25.9. The molecule has 0 radical (unpaired) electrons. The number of carboxylic acids is 1. The number of rotatable bonds is 7. The average Bonchev–Trinajstić information content (AvgIpc) is 3.55. The molecule has 2 atom stereocenters. The predicted octanol–water partition coefficient (Wildman–Crippen LogP) is 5.87. The maximum absolute atomic E-state index is 12.9. The van der Waals surface area contributed by atoms with Gasteiger partial charge < -0.3 is 19.6 Å². The molecule has 3 aromatic rings. The number of carboxylic acid groups (broad SMARTS) is 1. The molecule has 3 fully saturated rings. The van der Waals surface area contributed by atoms with Crippen molar-refractivity contribution in [3.8, 4) is 17.0 Å². The van der Waals surface area contributed by atoms with Crippen LogP contribution in [0.25, 0.3) is 11.3 Å². The second kappa shape index (κ2) is 11.0. The Kier molecular flexibility index (Phi) is 7.30. The van der Waals surface area contributed by atoms with Crippen molar-refractivity contribution in [3.05, 3.63) is 64.5 Å². The fourth-order valence-corrected chi connectivity index (χ4v) is 7.39. The predicted molar refractivity (Wildman–Crippen MR) is 152 cm³/mol. The second-order valence-corrected chi connectivity index (χ2v) is 12.0. The summed E-state index contributed by atoms with van der Waals surface area (Å²) in [6, 6.07) is 13.9. The summed E-state index contributed by atoms with van der Waals surface area (Å²) in [5.41, 5.74) is 4.66. The largest absolute Gasteiger partial charge is 0.488 e. The third-order valence-electron chi connectivity index (χ3n) is 8.66. The molecule has 7 nitrogen and oxygen atoms in total. The van der Waals surface area contributed by atoms with E-state index in [1.54, 1.807) is 11.3 Å². The minimum atomic E-state index is -0.647. The summed E-state index contributed by atoms with van der Waals surface area (Å²) >= 11 is 1.61. The number of fused-ring (bicyclic) bond motifs is 2. The molecule has 2 unspecified atom stereocenters. The number of carbonyl (C=O) groups excluding carboxylic acids is 1. The lowest BCUT2D eigenvalue weighted by Gasteiger charge is -2.35. The van der Waals surface area contributed by atoms with Gasteiger partial charge in [-0.1, -0.05) is 18.2 Å². The van der Waals surface area contributed by atoms with Crippen molar-refractivity contribution in [3.63, 3.8) is 0 Å². The highest BCUT2D eigenvalue weighted by Crippen LogP contribution is 2.44. The molecule has 39 heavy (non-hydrogen) atoms. The van der Waals surface area contributed by atoms with E-state index in [2.05, 4.69) is 10.3 Å². The number of aryl methyl sites for hydroxylation is 1. The van der Waals surface area contributed by atoms with Crippen LogP contribution in [-0.2, 0) is 11.4 Å². The van der Waals surface area contributed by atoms with Crippen molar-refractivity contribution in [2.45, 2.75) is 45.6 Å². The summed E-state index contributed by atoms with van der Waals surface area (Å²) in [5, 5.41) is 12.7. The van der Waals surface area contributed by atoms with Crippen molar-refractivity contribution in [2.24, 2.45) is 17.8 Å². The van der Waals surface area contributed by atoms with E-state index in [0.717, 1.165) is 90.7 Å². The fraction of sp³-hybridized carbons (Fsp3) is 0.452. The molecule has 2 aliphatic heterocycles. The molecule has 1 amide bonds. The van der Waals surface area contributed by atoms with Crippen LogP contribution in [0.3, 0.4) is 0 Å². The number of aromatic nitrogens is 1. The normalized spacial score (nSPS) is 22.6. The number of nitrogens with zero attached hydrogens (tertiary/aromatic N) is 3. The molecule has 1 aromatic heterocycles. The van der Waals surface area contributed by atoms with Gasteiger partial charge in [0.05, 0.1) is 11.6 Å². The molecule has 1 N–H and O–H groups in total. The number of hydrogen-bond donors (Lipinski definition) is 1. The van der Waals surface area contributed by atoms with Gasteiger partial charge in [-0.3, -0.25) is 9.59 Å². The minimum absolute atomic E-state index is 0.121. The molecule has 1 aliphatic carbocycles. The number of anilines is 1. The molecule has 3 aliphatic rings. The second-order valence-electron chi connectivity index (χ2n) is 11.2. The lowest BCUT2D eigenvalue weighted by atomic mass is 9.85. The molecule has 8 heteroatoms. The van der Waals surface area contributed by atoms with Crippen LogP contribution in [0.1, 0.15) is 53.6 Å². The highest BCUT2D eigenvalue weighted by molar-refractivity contribution is 7.14. The van der Waals surface area contributed by atoms with E-state index in [4.69, 9.17) is 9.72 Å². The maximum Gasteiger partial charge on any atom is 0.307 e. The quantitative estimate of drug-likeness (QED) is 0.400. The number of hydrogen-bond acceptors (Lipinski definition) is 6. The van der Waals surface area contributed by atoms with Crippen molar-refractivity contribution in [1.82, 2.24) is 9.88 Å². The van der Waals surface area contributed by atoms with Crippen molar-refractivity contribution >= 4 is 28.3 Å². The van der Waals surface area contributed by atoms with Crippen LogP contribution in [-0.4, -0.2) is 53.0 Å². The summed E-state index contributed by atoms with van der Waals surface area (Å²) in [7, 11) is 0. The Labute approximate surface area is 233 Å². The first-order chi connectivity index (χ1) is 19.0. The first-order valence-electron chi connectivity index (χ1n) is 14.0. The van der Waals surface area contributed by atoms with Gasteiger partial charge in [-0.2, -0.15) is 0 Å². The monoisotopic (exact) mass is 545 g/mol. The zero-order chi connectivity index (χ0) is 26.9. The number of carbonyl (C=O) groups is 2. The number of benzene rings is 2. The van der Waals surface area contributed by atoms with Gasteiger partial charge in [0, 0.05) is 42.7 Å². The SMILES string of the molecule is Cc1cc(C(=O)N2CCCCC2)ccc1COc1ccccc1-c1csc(N2CC3CCC(C2)C3C(=O)O)n1. The van der Waals surface area contributed by atoms with Crippen LogP contribution in [0.15, 0.2) is 47.8 Å². The van der Waals surface area contributed by atoms with E-state index in [1.165, 1.54) is 6.42 Å². The fourth-order valence-electron chi connectivity index (χ4n) is 6.55. The first-order valence-corrected chi connectivity index (χ1v) is 14.9. The molecule has 1 saturated carbocycles. The zero-order valence-corrected chi connectivity index (χ0v) is 23.2. The maximum atomic E-state index is 12.9. The van der Waals surface area contributed by atoms with Crippen LogP contribution >= 0.6 is 11.3 Å². The van der Waals surface area contributed by atoms with Gasteiger partial charge in [-0.05, 0) is 86.3 Å². The minimum Gasteiger partial charge on any atom is -0.488 e. The molecular formula is C31H35N3O4S. The summed E-state index contributed by atoms with van der Waals surface area (Å²) < 4.78 is 6.30. The molecule has 204 valence electrons. The number of amides is 1. The molecule has 2 saturated heterocycles. The summed E-state index contributed by atoms with van der Waals surface area (Å²) in [5.74, 6) is 0.437. The highest BCUT2D eigenvalue weighted by atomic mass is 32.1. The Morgan fingerprint density at radius 3 is 2.51 bits per heavy atom. The topological polar surface area (TPSA) is 83.0 Å². The molecular weight excluding hydrogens is 510 g/mol. The van der Waals surface area contributed by atoms with Gasteiger partial charge >= 0.3 is 5.97 Å². The number of aliphatic carboxylic acids is 1. The number of piperidine rings is 2. The summed E-state index contributed by atoms with van der Waals surface area (Å²) in [4.78, 5) is 33.8. The van der Waals surface area contributed by atoms with Gasteiger partial charge in [0.15, 0.2) is 5.13 Å². The Morgan fingerprint density at radius 2 is 1.79 bits per heavy atom. The lowest BCUT2D eigenvalue weighted by Crippen LogP contribution is -2.44. The van der Waals surface area contributed by atoms with Crippen molar-refractivity contribution in [2.75, 3.05) is 31.1 Å². The van der Waals surface area contributed by atoms with Gasteiger partial charge in [-0.25, -0.2) is 4.98 Å². The Hall–Kier alpha value is -3.39. The molecule has 6 rings (SSSR count). The highest BCUT2D eigenvalue weighted by Gasteiger charge is 2.46. The molecule has 2 aromatic carbocycles. The van der Waals surface area contributed by atoms with Crippen LogP contribution in [0.5, 0.6) is 5.75 Å². The van der Waals surface area contributed by atoms with Crippen LogP contribution in [0.2, 0.25) is 0 Å². The van der Waals surface area contributed by atoms with E-state index in [0.29, 0.717) is 6.61 Å². The number of ether oxygens (including phenoxy) is 1. The Bertz CT molecular complexity index is 1350. The van der Waals surface area contributed by atoms with Gasteiger partial charge in [0.25, 0.3) is 5.91 Å². The smallest absolute Gasteiger partial charge is 0.307 e. The van der Waals surface area contributed by atoms with Crippen LogP contribution in [0.4, 0.5) is 5.13 Å². The Balaban J connectivity index is 1.14. The van der Waals surface area contributed by atoms with E-state index in [-0.39, 0.29) is 23.7 Å². The number of thiazole rings is 1. The summed E-state index contributed by atoms with van der Waals surface area (Å²) in [6.45, 7) is 5.65. The van der Waals surface area contributed by atoms with E-state index < -0.39 is 5.97 Å². The number of likely N-dealkylation sites (tertiary alicyclic amines) is 1. The van der Waals surface area contributed by atoms with E-state index in [9.17, 15) is 14.7 Å². The average molecular weight is 546 g/mol. The van der Waals surface area contributed by atoms with Crippen molar-refractivity contribution < 1.29 is 19.4 Å². The molecule has 3 heterocycles.